The van der Waals surface area contributed by atoms with Crippen molar-refractivity contribution < 1.29 is 24.2 Å². The number of fused-ring (bicyclic) bond motifs is 1. The lowest BCUT2D eigenvalue weighted by Gasteiger charge is -2.17. The molecular weight excluding hydrogens is 424 g/mol. The topological polar surface area (TPSA) is 116 Å². The Morgan fingerprint density at radius 1 is 1.06 bits per heavy atom. The van der Waals surface area contributed by atoms with Crippen LogP contribution in [0, 0.1) is 6.92 Å². The number of carbonyl (C=O) groups excluding carboxylic acids is 3. The predicted molar refractivity (Wildman–Crippen MR) is 121 cm³/mol. The van der Waals surface area contributed by atoms with Crippen LogP contribution in [0.25, 0.3) is 22.3 Å². The van der Waals surface area contributed by atoms with Crippen molar-refractivity contribution in [2.75, 3.05) is 6.61 Å². The molecule has 1 heterocycles. The van der Waals surface area contributed by atoms with Gasteiger partial charge in [-0.2, -0.15) is 0 Å². The molecular formula is C25H22N2O6. The number of aliphatic hydroxyl groups excluding tert-OH is 1. The summed E-state index contributed by atoms with van der Waals surface area (Å²) in [6, 6.07) is 11.5. The predicted octanol–water partition coefficient (Wildman–Crippen LogP) is 3.46. The van der Waals surface area contributed by atoms with Crippen LogP contribution in [0.4, 0.5) is 0 Å². The molecule has 0 amide bonds. The Morgan fingerprint density at radius 3 is 2.36 bits per heavy atom. The summed E-state index contributed by atoms with van der Waals surface area (Å²) in [6.45, 7) is 3.38. The zero-order valence-electron chi connectivity index (χ0n) is 18.3. The SMILES string of the molecule is CCOC(=O)c1nc2ccc(C(O)=C3C(=O)CCCC3=O)c(C)c2c(=O)n1-c1ccccc1. The lowest BCUT2D eigenvalue weighted by Crippen LogP contribution is -2.28. The van der Waals surface area contributed by atoms with Gasteiger partial charge in [-0.25, -0.2) is 9.78 Å². The van der Waals surface area contributed by atoms with Gasteiger partial charge >= 0.3 is 5.97 Å². The molecule has 0 radical (unpaired) electrons. The Hall–Kier alpha value is -4.07. The second kappa shape index (κ2) is 8.82. The number of allylic oxidation sites excluding steroid dienone is 1. The molecule has 168 valence electrons. The van der Waals surface area contributed by atoms with Crippen molar-refractivity contribution in [1.82, 2.24) is 9.55 Å². The van der Waals surface area contributed by atoms with E-state index in [1.165, 1.54) is 12.1 Å². The number of para-hydroxylation sites is 1. The van der Waals surface area contributed by atoms with Crippen LogP contribution >= 0.6 is 0 Å². The largest absolute Gasteiger partial charge is 0.506 e. The van der Waals surface area contributed by atoms with Crippen molar-refractivity contribution in [1.29, 1.82) is 0 Å². The maximum atomic E-state index is 13.6. The summed E-state index contributed by atoms with van der Waals surface area (Å²) in [4.78, 5) is 55.3. The highest BCUT2D eigenvalue weighted by molar-refractivity contribution is 6.25. The van der Waals surface area contributed by atoms with E-state index in [0.29, 0.717) is 17.7 Å². The Bertz CT molecular complexity index is 1370. The summed E-state index contributed by atoms with van der Waals surface area (Å²) in [5.41, 5.74) is 0.432. The van der Waals surface area contributed by atoms with E-state index in [2.05, 4.69) is 4.98 Å². The first-order chi connectivity index (χ1) is 15.8. The number of ketones is 2. The minimum Gasteiger partial charge on any atom is -0.506 e. The van der Waals surface area contributed by atoms with Crippen LogP contribution in [-0.4, -0.2) is 38.8 Å². The summed E-state index contributed by atoms with van der Waals surface area (Å²) < 4.78 is 6.27. The fourth-order valence-electron chi connectivity index (χ4n) is 4.05. The Kier molecular flexibility index (Phi) is 5.91. The molecule has 1 N–H and O–H groups in total. The minimum absolute atomic E-state index is 0.114. The maximum absolute atomic E-state index is 13.6. The molecule has 8 heteroatoms. The number of rotatable bonds is 4. The monoisotopic (exact) mass is 446 g/mol. The molecule has 0 bridgehead atoms. The van der Waals surface area contributed by atoms with Gasteiger partial charge in [-0.15, -0.1) is 0 Å². The number of aryl methyl sites for hydroxylation is 1. The molecule has 0 spiro atoms. The minimum atomic E-state index is -0.745. The second-order valence-corrected chi connectivity index (χ2v) is 7.69. The number of ether oxygens (including phenoxy) is 1. The summed E-state index contributed by atoms with van der Waals surface area (Å²) >= 11 is 0. The third-order valence-electron chi connectivity index (χ3n) is 5.63. The van der Waals surface area contributed by atoms with Crippen molar-refractivity contribution in [2.24, 2.45) is 0 Å². The third-order valence-corrected chi connectivity index (χ3v) is 5.63. The van der Waals surface area contributed by atoms with Gasteiger partial charge in [0, 0.05) is 18.4 Å². The van der Waals surface area contributed by atoms with E-state index in [1.807, 2.05) is 0 Å². The average Bonchev–Trinajstić information content (AvgIpc) is 2.79. The van der Waals surface area contributed by atoms with Gasteiger partial charge in [0.15, 0.2) is 11.6 Å². The van der Waals surface area contributed by atoms with Crippen LogP contribution in [-0.2, 0) is 14.3 Å². The zero-order valence-corrected chi connectivity index (χ0v) is 18.3. The molecule has 1 aliphatic rings. The smallest absolute Gasteiger partial charge is 0.375 e. The molecule has 8 nitrogen and oxygen atoms in total. The highest BCUT2D eigenvalue weighted by atomic mass is 16.5. The van der Waals surface area contributed by atoms with E-state index < -0.39 is 28.9 Å². The van der Waals surface area contributed by atoms with E-state index in [9.17, 15) is 24.3 Å². The molecule has 4 rings (SSSR count). The zero-order chi connectivity index (χ0) is 23.7. The van der Waals surface area contributed by atoms with E-state index in [1.54, 1.807) is 44.2 Å². The summed E-state index contributed by atoms with van der Waals surface area (Å²) in [5, 5.41) is 11.0. The fraction of sp³-hybridized carbons (Fsp3) is 0.240. The van der Waals surface area contributed by atoms with Gasteiger partial charge in [-0.1, -0.05) is 18.2 Å². The third kappa shape index (κ3) is 3.84. The van der Waals surface area contributed by atoms with Gasteiger partial charge in [-0.3, -0.25) is 19.0 Å². The molecule has 1 saturated carbocycles. The maximum Gasteiger partial charge on any atom is 0.375 e. The van der Waals surface area contributed by atoms with Crippen molar-refractivity contribution in [3.8, 4) is 5.69 Å². The fourth-order valence-corrected chi connectivity index (χ4v) is 4.05. The van der Waals surface area contributed by atoms with Gasteiger partial charge in [0.2, 0.25) is 5.82 Å². The van der Waals surface area contributed by atoms with Crippen LogP contribution in [0.3, 0.4) is 0 Å². The molecule has 33 heavy (non-hydrogen) atoms. The summed E-state index contributed by atoms with van der Waals surface area (Å²) in [5.74, 6) is -2.19. The van der Waals surface area contributed by atoms with E-state index in [-0.39, 0.29) is 47.3 Å². The first kappa shape index (κ1) is 22.1. The number of aliphatic hydroxyl groups is 1. The van der Waals surface area contributed by atoms with Crippen LogP contribution in [0.2, 0.25) is 0 Å². The van der Waals surface area contributed by atoms with Crippen molar-refractivity contribution in [3.63, 3.8) is 0 Å². The van der Waals surface area contributed by atoms with Crippen LogP contribution in [0.15, 0.2) is 52.8 Å². The van der Waals surface area contributed by atoms with Gasteiger partial charge in [-0.05, 0) is 50.1 Å². The first-order valence-electron chi connectivity index (χ1n) is 10.6. The number of hydrogen-bond donors (Lipinski definition) is 1. The summed E-state index contributed by atoms with van der Waals surface area (Å²) in [6.07, 6.45) is 0.819. The van der Waals surface area contributed by atoms with E-state index >= 15 is 0 Å². The molecule has 2 aromatic carbocycles. The molecule has 0 saturated heterocycles. The Morgan fingerprint density at radius 2 is 1.73 bits per heavy atom. The number of carbonyl (C=O) groups is 3. The quantitative estimate of drug-likeness (QED) is 0.282. The number of benzene rings is 2. The number of aromatic nitrogens is 2. The second-order valence-electron chi connectivity index (χ2n) is 7.69. The number of esters is 1. The number of nitrogens with zero attached hydrogens (tertiary/aromatic N) is 2. The lowest BCUT2D eigenvalue weighted by molar-refractivity contribution is -0.123. The molecule has 0 aliphatic heterocycles. The van der Waals surface area contributed by atoms with Gasteiger partial charge in [0.25, 0.3) is 5.56 Å². The van der Waals surface area contributed by atoms with Crippen LogP contribution in [0.1, 0.15) is 47.9 Å². The molecule has 0 unspecified atom stereocenters. The molecule has 0 atom stereocenters. The van der Waals surface area contributed by atoms with Crippen LogP contribution in [0.5, 0.6) is 0 Å². The normalized spacial score (nSPS) is 13.9. The first-order valence-corrected chi connectivity index (χ1v) is 10.6. The molecule has 3 aromatic rings. The molecule has 1 aliphatic carbocycles. The van der Waals surface area contributed by atoms with Gasteiger partial charge < -0.3 is 9.84 Å². The lowest BCUT2D eigenvalue weighted by atomic mass is 9.88. The van der Waals surface area contributed by atoms with Crippen molar-refractivity contribution in [2.45, 2.75) is 33.1 Å². The number of hydrogen-bond acceptors (Lipinski definition) is 7. The van der Waals surface area contributed by atoms with Gasteiger partial charge in [0.1, 0.15) is 11.3 Å². The molecule has 1 fully saturated rings. The van der Waals surface area contributed by atoms with Crippen molar-refractivity contribution >= 4 is 34.2 Å². The highest BCUT2D eigenvalue weighted by Gasteiger charge is 2.29. The Balaban J connectivity index is 2.03. The highest BCUT2D eigenvalue weighted by Crippen LogP contribution is 2.29. The molecule has 1 aromatic heterocycles. The van der Waals surface area contributed by atoms with Gasteiger partial charge in [0.05, 0.1) is 23.2 Å². The Labute approximate surface area is 189 Å². The standard InChI is InChI=1S/C25H22N2O6/c1-3-33-25(32)23-26-17-13-12-16(22(30)21-18(28)10-7-11-19(21)29)14(2)20(17)24(31)27(23)15-8-5-4-6-9-15/h4-6,8-9,12-13,30H,3,7,10-11H2,1-2H3. The van der Waals surface area contributed by atoms with Crippen molar-refractivity contribution in [3.05, 3.63) is 75.3 Å². The number of Topliss-reactive ketones (excluding diaryl/α,β-unsaturated/α-hetero) is 2. The van der Waals surface area contributed by atoms with E-state index in [4.69, 9.17) is 4.74 Å². The van der Waals surface area contributed by atoms with Crippen LogP contribution < -0.4 is 5.56 Å². The average molecular weight is 446 g/mol. The summed E-state index contributed by atoms with van der Waals surface area (Å²) in [7, 11) is 0. The van der Waals surface area contributed by atoms with E-state index in [0.717, 1.165) is 4.57 Å².